The smallest absolute Gasteiger partial charge is 0.269 e. The van der Waals surface area contributed by atoms with Gasteiger partial charge in [0, 0.05) is 16.6 Å². The molecule has 0 aliphatic heterocycles. The summed E-state index contributed by atoms with van der Waals surface area (Å²) in [7, 11) is -4.03. The maximum absolute atomic E-state index is 13.3. The van der Waals surface area contributed by atoms with Crippen LogP contribution in [0.5, 0.6) is 0 Å². The van der Waals surface area contributed by atoms with Crippen LogP contribution in [0.3, 0.4) is 0 Å². The van der Waals surface area contributed by atoms with Gasteiger partial charge in [0.05, 0.1) is 21.7 Å². The standard InChI is InChI=1S/C22H19BrN4O5S/c1-16-2-12-21(13-3-16)33(31,32)26(19-10-6-18(23)7-11-19)15-22(28)25-24-14-17-4-8-20(9-5-17)27(29)30/h2-14H,15H2,1H3,(H,25,28)/b24-14-. The quantitative estimate of drug-likeness (QED) is 0.267. The van der Waals surface area contributed by atoms with Gasteiger partial charge >= 0.3 is 0 Å². The summed E-state index contributed by atoms with van der Waals surface area (Å²) in [5.74, 6) is -0.660. The largest absolute Gasteiger partial charge is 0.271 e. The normalized spacial score (nSPS) is 11.3. The highest BCUT2D eigenvalue weighted by Gasteiger charge is 2.27. The fourth-order valence-corrected chi connectivity index (χ4v) is 4.47. The zero-order valence-corrected chi connectivity index (χ0v) is 19.8. The fourth-order valence-electron chi connectivity index (χ4n) is 2.79. The maximum atomic E-state index is 13.3. The number of halogens is 1. The summed E-state index contributed by atoms with van der Waals surface area (Å²) in [5.41, 5.74) is 3.97. The minimum atomic E-state index is -4.03. The summed E-state index contributed by atoms with van der Waals surface area (Å²) in [6, 6.07) is 18.4. The molecule has 0 bridgehead atoms. The van der Waals surface area contributed by atoms with Crippen LogP contribution in [0.1, 0.15) is 11.1 Å². The molecule has 0 saturated carbocycles. The van der Waals surface area contributed by atoms with Gasteiger partial charge in [-0.25, -0.2) is 13.8 Å². The fraction of sp³-hybridized carbons (Fsp3) is 0.0909. The van der Waals surface area contributed by atoms with E-state index in [0.717, 1.165) is 14.3 Å². The molecule has 0 saturated heterocycles. The zero-order valence-electron chi connectivity index (χ0n) is 17.4. The van der Waals surface area contributed by atoms with Crippen molar-refractivity contribution >= 4 is 49.4 Å². The molecule has 170 valence electrons. The molecule has 0 radical (unpaired) electrons. The van der Waals surface area contributed by atoms with Gasteiger partial charge in [0.1, 0.15) is 6.54 Å². The summed E-state index contributed by atoms with van der Waals surface area (Å²) in [6.07, 6.45) is 1.31. The first-order valence-electron chi connectivity index (χ1n) is 9.58. The molecule has 0 aliphatic rings. The van der Waals surface area contributed by atoms with Crippen LogP contribution in [0, 0.1) is 17.0 Å². The molecule has 0 atom stereocenters. The maximum Gasteiger partial charge on any atom is 0.269 e. The molecule has 0 aliphatic carbocycles. The van der Waals surface area contributed by atoms with E-state index in [1.807, 2.05) is 6.92 Å². The van der Waals surface area contributed by atoms with Crippen LogP contribution in [-0.2, 0) is 14.8 Å². The van der Waals surface area contributed by atoms with Gasteiger partial charge in [-0.2, -0.15) is 5.10 Å². The van der Waals surface area contributed by atoms with E-state index in [-0.39, 0.29) is 10.6 Å². The predicted molar refractivity (Wildman–Crippen MR) is 129 cm³/mol. The van der Waals surface area contributed by atoms with Gasteiger partial charge in [-0.3, -0.25) is 19.2 Å². The summed E-state index contributed by atoms with van der Waals surface area (Å²) in [4.78, 5) is 22.8. The Labute approximate surface area is 199 Å². The third-order valence-corrected chi connectivity index (χ3v) is 6.83. The molecule has 11 heteroatoms. The average molecular weight is 531 g/mol. The topological polar surface area (TPSA) is 122 Å². The number of carbonyl (C=O) groups excluding carboxylic acids is 1. The Bertz CT molecular complexity index is 1280. The molecule has 0 aromatic heterocycles. The van der Waals surface area contributed by atoms with Crippen molar-refractivity contribution in [3.8, 4) is 0 Å². The van der Waals surface area contributed by atoms with E-state index in [4.69, 9.17) is 0 Å². The van der Waals surface area contributed by atoms with E-state index >= 15 is 0 Å². The molecule has 0 spiro atoms. The molecule has 3 rings (SSSR count). The number of hydrazone groups is 1. The Morgan fingerprint density at radius 2 is 1.67 bits per heavy atom. The molecule has 33 heavy (non-hydrogen) atoms. The number of amides is 1. The van der Waals surface area contributed by atoms with Gasteiger partial charge in [0.2, 0.25) is 0 Å². The Balaban J connectivity index is 1.79. The van der Waals surface area contributed by atoms with Gasteiger partial charge in [-0.15, -0.1) is 0 Å². The third-order valence-electron chi connectivity index (χ3n) is 4.52. The van der Waals surface area contributed by atoms with Crippen molar-refractivity contribution in [3.05, 3.63) is 98.5 Å². The number of non-ortho nitro benzene ring substituents is 1. The van der Waals surface area contributed by atoms with E-state index in [9.17, 15) is 23.3 Å². The van der Waals surface area contributed by atoms with Crippen LogP contribution in [0.25, 0.3) is 0 Å². The number of hydrogen-bond acceptors (Lipinski definition) is 6. The molecule has 0 unspecified atom stereocenters. The number of nitrogens with zero attached hydrogens (tertiary/aromatic N) is 3. The van der Waals surface area contributed by atoms with Crippen LogP contribution < -0.4 is 9.73 Å². The lowest BCUT2D eigenvalue weighted by Crippen LogP contribution is -2.39. The van der Waals surface area contributed by atoms with E-state index < -0.39 is 27.4 Å². The van der Waals surface area contributed by atoms with E-state index in [1.54, 1.807) is 36.4 Å². The number of nitrogens with one attached hydrogen (secondary N) is 1. The van der Waals surface area contributed by atoms with Gasteiger partial charge in [-0.1, -0.05) is 33.6 Å². The van der Waals surface area contributed by atoms with Crippen LogP contribution in [0.15, 0.2) is 87.3 Å². The second-order valence-electron chi connectivity index (χ2n) is 6.94. The molecular weight excluding hydrogens is 512 g/mol. The van der Waals surface area contributed by atoms with E-state index in [0.29, 0.717) is 11.3 Å². The monoisotopic (exact) mass is 530 g/mol. The number of aryl methyl sites for hydroxylation is 1. The first kappa shape index (κ1) is 24.1. The minimum absolute atomic E-state index is 0.0539. The molecule has 9 nitrogen and oxygen atoms in total. The Morgan fingerprint density at radius 3 is 2.24 bits per heavy atom. The van der Waals surface area contributed by atoms with Crippen molar-refractivity contribution in [3.63, 3.8) is 0 Å². The summed E-state index contributed by atoms with van der Waals surface area (Å²) < 4.78 is 28.3. The molecule has 0 fully saturated rings. The van der Waals surface area contributed by atoms with Crippen LogP contribution >= 0.6 is 15.9 Å². The summed E-state index contributed by atoms with van der Waals surface area (Å²) in [5, 5.41) is 14.5. The minimum Gasteiger partial charge on any atom is -0.271 e. The van der Waals surface area contributed by atoms with E-state index in [2.05, 4.69) is 26.5 Å². The van der Waals surface area contributed by atoms with Gasteiger partial charge in [0.15, 0.2) is 0 Å². The first-order valence-corrected chi connectivity index (χ1v) is 11.8. The first-order chi connectivity index (χ1) is 15.7. The SMILES string of the molecule is Cc1ccc(S(=O)(=O)N(CC(=O)N/N=C\c2ccc([N+](=O)[O-])cc2)c2ccc(Br)cc2)cc1. The number of benzene rings is 3. The highest BCUT2D eigenvalue weighted by Crippen LogP contribution is 2.25. The molecule has 0 heterocycles. The van der Waals surface area contributed by atoms with Crippen LogP contribution in [-0.4, -0.2) is 32.0 Å². The van der Waals surface area contributed by atoms with Gasteiger partial charge < -0.3 is 0 Å². The average Bonchev–Trinajstić information content (AvgIpc) is 2.79. The number of carbonyl (C=O) groups is 1. The Morgan fingerprint density at radius 1 is 1.06 bits per heavy atom. The summed E-state index contributed by atoms with van der Waals surface area (Å²) >= 11 is 3.31. The summed E-state index contributed by atoms with van der Waals surface area (Å²) in [6.45, 7) is 1.34. The van der Waals surface area contributed by atoms with Crippen LogP contribution in [0.4, 0.5) is 11.4 Å². The molecule has 1 N–H and O–H groups in total. The molecular formula is C22H19BrN4O5S. The van der Waals surface area contributed by atoms with Crippen molar-refractivity contribution in [2.75, 3.05) is 10.8 Å². The number of hydrogen-bond donors (Lipinski definition) is 1. The molecule has 1 amide bonds. The molecule has 3 aromatic rings. The van der Waals surface area contributed by atoms with Gasteiger partial charge in [0.25, 0.3) is 21.6 Å². The number of rotatable bonds is 8. The number of sulfonamides is 1. The number of nitro benzene ring substituents is 1. The second-order valence-corrected chi connectivity index (χ2v) is 9.72. The van der Waals surface area contributed by atoms with Gasteiger partial charge in [-0.05, 0) is 61.0 Å². The van der Waals surface area contributed by atoms with E-state index in [1.165, 1.54) is 42.6 Å². The van der Waals surface area contributed by atoms with Crippen molar-refractivity contribution < 1.29 is 18.1 Å². The van der Waals surface area contributed by atoms with Crippen molar-refractivity contribution in [2.45, 2.75) is 11.8 Å². The van der Waals surface area contributed by atoms with Crippen molar-refractivity contribution in [1.82, 2.24) is 5.43 Å². The number of nitro groups is 1. The molecule has 3 aromatic carbocycles. The third kappa shape index (κ3) is 6.24. The zero-order chi connectivity index (χ0) is 24.0. The van der Waals surface area contributed by atoms with Crippen molar-refractivity contribution in [2.24, 2.45) is 5.10 Å². The van der Waals surface area contributed by atoms with Crippen molar-refractivity contribution in [1.29, 1.82) is 0 Å². The Hall–Kier alpha value is -3.57. The highest BCUT2D eigenvalue weighted by molar-refractivity contribution is 9.10. The van der Waals surface area contributed by atoms with Crippen LogP contribution in [0.2, 0.25) is 0 Å². The lowest BCUT2D eigenvalue weighted by molar-refractivity contribution is -0.384. The lowest BCUT2D eigenvalue weighted by atomic mass is 10.2. The second kappa shape index (κ2) is 10.4. The predicted octanol–water partition coefficient (Wildman–Crippen LogP) is 4.01. The lowest BCUT2D eigenvalue weighted by Gasteiger charge is -2.23. The number of anilines is 1. The Kier molecular flexibility index (Phi) is 7.56. The highest BCUT2D eigenvalue weighted by atomic mass is 79.9.